The van der Waals surface area contributed by atoms with E-state index < -0.39 is 61.2 Å². The molecule has 127 heavy (non-hydrogen) atoms. The maximum Gasteiger partial charge on any atom is 0.284 e. The zero-order valence-electron chi connectivity index (χ0n) is 77.8. The first-order valence-electron chi connectivity index (χ1n) is 43.3. The number of anilines is 5. The lowest BCUT2D eigenvalue weighted by Gasteiger charge is -2.33. The number of hydrogen-bond acceptors (Lipinski definition) is 25. The minimum atomic E-state index is -3.98. The Morgan fingerprint density at radius 2 is 0.858 bits per heavy atom. The monoisotopic (exact) mass is 1870 g/mol. The zero-order chi connectivity index (χ0) is 93.6. The number of hydrogen-bond donors (Lipinski definition) is 4. The summed E-state index contributed by atoms with van der Waals surface area (Å²) in [5.74, 6) is -0.626. The molecule has 6 aromatic heterocycles. The van der Waals surface area contributed by atoms with Gasteiger partial charge in [0.1, 0.15) is 30.9 Å². The number of benzene rings is 3. The highest BCUT2D eigenvalue weighted by atomic mass is 32.2. The van der Waals surface area contributed by atoms with Crippen molar-refractivity contribution in [1.29, 1.82) is 0 Å². The van der Waals surface area contributed by atoms with E-state index in [1.807, 2.05) is 141 Å². The van der Waals surface area contributed by atoms with E-state index in [4.69, 9.17) is 15.2 Å². The molecule has 0 radical (unpaired) electrons. The van der Waals surface area contributed by atoms with Gasteiger partial charge in [-0.25, -0.2) is 61.3 Å². The molecule has 3 aliphatic heterocycles. The average Bonchev–Trinajstić information content (AvgIpc) is 1.63. The van der Waals surface area contributed by atoms with Crippen LogP contribution in [0.4, 0.5) is 42.1 Å². The number of aromatic amines is 1. The summed E-state index contributed by atoms with van der Waals surface area (Å²) in [6.07, 6.45) is 9.86. The van der Waals surface area contributed by atoms with Crippen LogP contribution in [0.15, 0.2) is 112 Å². The standard InChI is InChI=1S/C30H46FN7O3SSi.C24H32FN7O2S.C18H37N5O5S2Si.C15H17FN2/c1-21(2)26-18-24(31)19-27(23-9-12-32-22(3)17-23)28(26)33-29-34-30(35-38(29)20-41-15-16-43(6,7)8)42(39,40)37-13-10-25(11-14-37)36(4)5;1-15(2)20-13-18(25)14-21(17-6-9-26-16(3)12-17)22(20)27-23-28-24(30-29-23)35(33,34)32-10-7-19(8-11-32)31(4)5;1-7-13-29(24,25)18-19-17(20-23(18)15-28-12-14-31(4,5)6)30(26,27)22-10-8-16(9-11-22)21(2)3;1-9(2)13-7-12(16)8-14(15(13)17)11-4-5-18-10(3)6-11/h9,12,17-19,21,25H,10-11,13-16,20H2,1-8H3,(H,33,34,35);6,9,12-15,19H,7-8,10-11H2,1-5H3,(H2,27,28,29,30);16H,7-15H2,1-6H3;4-9H,17H2,1-3H3. The topological polar surface area (TPSA) is 366 Å². The molecule has 12 rings (SSSR count). The van der Waals surface area contributed by atoms with Gasteiger partial charge in [0, 0.05) is 145 Å². The molecule has 0 aliphatic carbocycles. The van der Waals surface area contributed by atoms with Crippen LogP contribution in [-0.2, 0) is 62.8 Å². The van der Waals surface area contributed by atoms with E-state index in [0.29, 0.717) is 118 Å². The summed E-state index contributed by atoms with van der Waals surface area (Å²) < 4.78 is 167. The van der Waals surface area contributed by atoms with Crippen molar-refractivity contribution in [3.8, 4) is 33.4 Å². The molecule has 5 N–H and O–H groups in total. The van der Waals surface area contributed by atoms with Crippen molar-refractivity contribution < 1.29 is 56.3 Å². The number of H-pyrrole nitrogens is 1. The maximum atomic E-state index is 14.9. The van der Waals surface area contributed by atoms with E-state index in [0.717, 1.165) is 98.5 Å². The molecule has 0 unspecified atom stereocenters. The SMILES string of the molecule is CCCS(=O)(=O)c1nc(S(=O)(=O)N2CCC(N(C)C)CC2)nn1COCC[Si](C)(C)C.Cc1cc(-c2cc(F)cc(C(C)C)c2N)ccn1.Cc1cc(-c2cc(F)cc(C(C)C)c2Nc2n[nH]c(S(=O)(=O)N3CCC(N(C)C)CC3)n2)ccn1.Cc1cc(-c2cc(F)cc(C(C)C)c2Nc2nc(S(=O)(=O)N3CCC(N(C)C)CC3)nn2COCC[Si](C)(C)C)ccn1. The number of nitrogens with zero attached hydrogens (tertiary/aromatic N) is 17. The second-order valence-electron chi connectivity index (χ2n) is 36.7. The van der Waals surface area contributed by atoms with Crippen LogP contribution in [0.2, 0.25) is 51.4 Å². The number of sulfone groups is 1. The summed E-state index contributed by atoms with van der Waals surface area (Å²) in [5.41, 5.74) is 17.3. The predicted molar refractivity (Wildman–Crippen MR) is 500 cm³/mol. The van der Waals surface area contributed by atoms with Crippen LogP contribution >= 0.6 is 0 Å². The Morgan fingerprint density at radius 1 is 0.496 bits per heavy atom. The number of nitrogen functional groups attached to an aromatic ring is 1. The molecule has 40 heteroatoms. The fourth-order valence-corrected chi connectivity index (χ4v) is 21.8. The quantitative estimate of drug-likeness (QED) is 0.0173. The Hall–Kier alpha value is -8.37. The van der Waals surface area contributed by atoms with Gasteiger partial charge in [0.25, 0.3) is 45.5 Å². The molecule has 3 aliphatic rings. The van der Waals surface area contributed by atoms with Gasteiger partial charge >= 0.3 is 0 Å². The van der Waals surface area contributed by atoms with Gasteiger partial charge in [-0.2, -0.15) is 27.9 Å². The van der Waals surface area contributed by atoms with Gasteiger partial charge in [-0.1, -0.05) is 87.7 Å². The fraction of sp³-hybridized carbons (Fsp3) is 0.552. The summed E-state index contributed by atoms with van der Waals surface area (Å²) in [7, 11) is -6.16. The maximum absolute atomic E-state index is 14.9. The third-order valence-corrected chi connectivity index (χ3v) is 32.8. The average molecular weight is 1870 g/mol. The lowest BCUT2D eigenvalue weighted by atomic mass is 9.94. The molecule has 0 saturated carbocycles. The van der Waals surface area contributed by atoms with Crippen LogP contribution in [0.3, 0.4) is 0 Å². The van der Waals surface area contributed by atoms with E-state index in [1.165, 1.54) is 54.0 Å². The minimum Gasteiger partial charge on any atom is -0.398 e. The van der Waals surface area contributed by atoms with Crippen LogP contribution in [-0.4, -0.2) is 256 Å². The van der Waals surface area contributed by atoms with Gasteiger partial charge in [0.15, 0.2) is 0 Å². The molecular formula is C87H132F3N21O10S4Si2. The molecule has 31 nitrogen and oxygen atoms in total. The van der Waals surface area contributed by atoms with Gasteiger partial charge in [-0.15, -0.1) is 15.3 Å². The largest absolute Gasteiger partial charge is 0.398 e. The summed E-state index contributed by atoms with van der Waals surface area (Å²) in [6.45, 7) is 36.0. The van der Waals surface area contributed by atoms with Gasteiger partial charge in [0.2, 0.25) is 26.9 Å². The number of pyridine rings is 3. The van der Waals surface area contributed by atoms with E-state index in [-0.39, 0.29) is 81.8 Å². The van der Waals surface area contributed by atoms with E-state index in [2.05, 4.69) is 115 Å². The number of rotatable bonds is 32. The van der Waals surface area contributed by atoms with Crippen molar-refractivity contribution in [3.63, 3.8) is 0 Å². The van der Waals surface area contributed by atoms with E-state index in [9.17, 15) is 46.8 Å². The van der Waals surface area contributed by atoms with Crippen molar-refractivity contribution in [2.45, 2.75) is 236 Å². The molecule has 9 heterocycles. The molecule has 3 saturated heterocycles. The predicted octanol–water partition coefficient (Wildman–Crippen LogP) is 15.0. The van der Waals surface area contributed by atoms with Crippen LogP contribution in [0.1, 0.15) is 145 Å². The number of sulfonamides is 3. The number of aryl methyl sites for hydroxylation is 3. The van der Waals surface area contributed by atoms with Crippen LogP contribution in [0, 0.1) is 38.2 Å². The highest BCUT2D eigenvalue weighted by molar-refractivity contribution is 7.91. The third kappa shape index (κ3) is 27.6. The lowest BCUT2D eigenvalue weighted by Crippen LogP contribution is -2.44. The van der Waals surface area contributed by atoms with Crippen molar-refractivity contribution in [2.75, 3.05) is 117 Å². The smallest absolute Gasteiger partial charge is 0.284 e. The Labute approximate surface area is 752 Å². The second kappa shape index (κ2) is 44.0. The molecule has 3 fully saturated rings. The molecule has 3 aromatic carbocycles. The van der Waals surface area contributed by atoms with E-state index >= 15 is 0 Å². The Balaban J connectivity index is 0.000000198. The highest BCUT2D eigenvalue weighted by Crippen LogP contribution is 2.41. The number of piperidine rings is 3. The number of aromatic nitrogens is 12. The van der Waals surface area contributed by atoms with Crippen molar-refractivity contribution >= 4 is 85.0 Å². The van der Waals surface area contributed by atoms with E-state index in [1.54, 1.807) is 25.5 Å². The minimum absolute atomic E-state index is 0.00461. The summed E-state index contributed by atoms with van der Waals surface area (Å²) >= 11 is 0. The Kier molecular flexibility index (Phi) is 35.5. The number of halogens is 3. The molecule has 9 aromatic rings. The van der Waals surface area contributed by atoms with Crippen molar-refractivity contribution in [1.82, 2.24) is 87.3 Å². The third-order valence-electron chi connectivity index (χ3n) is 22.5. The van der Waals surface area contributed by atoms with Crippen molar-refractivity contribution in [2.24, 2.45) is 0 Å². The molecule has 0 bridgehead atoms. The first-order valence-corrected chi connectivity index (χ1v) is 56.7. The number of nitrogens with one attached hydrogen (secondary N) is 3. The molecule has 698 valence electrons. The zero-order valence-corrected chi connectivity index (χ0v) is 83.1. The summed E-state index contributed by atoms with van der Waals surface area (Å²) in [6, 6.07) is 22.9. The summed E-state index contributed by atoms with van der Waals surface area (Å²) in [4.78, 5) is 31.8. The summed E-state index contributed by atoms with van der Waals surface area (Å²) in [5, 5.41) is 20.4. The van der Waals surface area contributed by atoms with Gasteiger partial charge in [-0.05, 0) is 244 Å². The number of nitrogens with two attached hydrogens (primary N) is 1. The number of ether oxygens (including phenoxy) is 2. The van der Waals surface area contributed by atoms with Crippen LogP contribution in [0.25, 0.3) is 33.4 Å². The molecule has 0 spiro atoms. The fourth-order valence-electron chi connectivity index (χ4n) is 15.0. The molecule has 0 amide bonds. The Bertz CT molecular complexity index is 5670. The van der Waals surface area contributed by atoms with Crippen LogP contribution in [0.5, 0.6) is 0 Å². The first-order chi connectivity index (χ1) is 59.5. The van der Waals surface area contributed by atoms with Gasteiger partial charge in [-0.3, -0.25) is 15.0 Å². The molecule has 0 atom stereocenters. The second-order valence-corrected chi connectivity index (χ2v) is 55.5. The van der Waals surface area contributed by atoms with Gasteiger partial charge < -0.3 is 40.5 Å². The first kappa shape index (κ1) is 102. The lowest BCUT2D eigenvalue weighted by molar-refractivity contribution is 0.0708. The van der Waals surface area contributed by atoms with Crippen LogP contribution < -0.4 is 16.4 Å². The normalized spacial score (nSPS) is 15.4. The van der Waals surface area contributed by atoms with Crippen molar-refractivity contribution in [3.05, 3.63) is 143 Å². The van der Waals surface area contributed by atoms with Gasteiger partial charge in [0.05, 0.1) is 17.1 Å². The molecular weight excluding hydrogens is 1740 g/mol. The highest BCUT2D eigenvalue weighted by Gasteiger charge is 2.39. The Morgan fingerprint density at radius 3 is 1.24 bits per heavy atom.